The number of ether oxygens (including phenoxy) is 1. The van der Waals surface area contributed by atoms with Gasteiger partial charge in [-0.3, -0.25) is 4.79 Å². The first-order valence-electron chi connectivity index (χ1n) is 7.79. The molecule has 1 amide bonds. The molecule has 0 unspecified atom stereocenters. The molecule has 23 heavy (non-hydrogen) atoms. The Labute approximate surface area is 137 Å². The number of sulfonamides is 1. The number of nitrogens with one attached hydrogen (secondary N) is 1. The molecule has 1 N–H and O–H groups in total. The number of rotatable bonds is 6. The van der Waals surface area contributed by atoms with E-state index in [0.29, 0.717) is 26.0 Å². The number of carbonyl (C=O) groups is 1. The van der Waals surface area contributed by atoms with Crippen molar-refractivity contribution in [2.45, 2.75) is 30.7 Å². The van der Waals surface area contributed by atoms with Crippen LogP contribution >= 0.6 is 0 Å². The predicted molar refractivity (Wildman–Crippen MR) is 87.4 cm³/mol. The molecule has 0 saturated carbocycles. The molecule has 1 aliphatic heterocycles. The zero-order valence-electron chi connectivity index (χ0n) is 13.6. The Kier molecular flexibility index (Phi) is 6.15. The van der Waals surface area contributed by atoms with Gasteiger partial charge >= 0.3 is 0 Å². The Morgan fingerprint density at radius 3 is 2.74 bits per heavy atom. The largest absolute Gasteiger partial charge is 0.383 e. The lowest BCUT2D eigenvalue weighted by molar-refractivity contribution is -0.127. The molecule has 1 aromatic carbocycles. The van der Waals surface area contributed by atoms with Gasteiger partial charge in [0.05, 0.1) is 17.4 Å². The summed E-state index contributed by atoms with van der Waals surface area (Å²) in [6.07, 6.45) is 1.38. The molecule has 0 aliphatic carbocycles. The Bertz CT molecular complexity index is 618. The molecule has 2 rings (SSSR count). The third-order valence-electron chi connectivity index (χ3n) is 3.94. The highest BCUT2D eigenvalue weighted by Crippen LogP contribution is 2.23. The van der Waals surface area contributed by atoms with Crippen molar-refractivity contribution in [2.24, 2.45) is 5.92 Å². The summed E-state index contributed by atoms with van der Waals surface area (Å²) in [5, 5.41) is 2.88. The number of carbonyl (C=O) groups excluding carboxylic acids is 1. The van der Waals surface area contributed by atoms with Crippen molar-refractivity contribution in [2.75, 3.05) is 26.8 Å². The first-order chi connectivity index (χ1) is 10.9. The van der Waals surface area contributed by atoms with Gasteiger partial charge in [-0.05, 0) is 31.9 Å². The van der Waals surface area contributed by atoms with Crippen molar-refractivity contribution >= 4 is 15.9 Å². The van der Waals surface area contributed by atoms with Crippen LogP contribution in [0, 0.1) is 5.92 Å². The summed E-state index contributed by atoms with van der Waals surface area (Å²) in [6.45, 7) is 2.98. The number of methoxy groups -OCH3 is 1. The smallest absolute Gasteiger partial charge is 0.243 e. The van der Waals surface area contributed by atoms with Gasteiger partial charge in [0.1, 0.15) is 0 Å². The number of benzene rings is 1. The number of hydrogen-bond acceptors (Lipinski definition) is 4. The molecule has 0 spiro atoms. The second-order valence-electron chi connectivity index (χ2n) is 5.88. The summed E-state index contributed by atoms with van der Waals surface area (Å²) in [5.74, 6) is -0.427. The van der Waals surface area contributed by atoms with E-state index in [1.54, 1.807) is 37.4 Å². The van der Waals surface area contributed by atoms with Gasteiger partial charge in [0, 0.05) is 26.2 Å². The Balaban J connectivity index is 2.05. The molecular formula is C16H24N2O4S. The number of piperidine rings is 1. The van der Waals surface area contributed by atoms with Gasteiger partial charge in [0.15, 0.2) is 0 Å². The maximum absolute atomic E-state index is 12.7. The van der Waals surface area contributed by atoms with E-state index in [1.165, 1.54) is 4.31 Å². The van der Waals surface area contributed by atoms with E-state index in [2.05, 4.69) is 5.32 Å². The predicted octanol–water partition coefficient (Wildman–Crippen LogP) is 1.24. The monoisotopic (exact) mass is 340 g/mol. The van der Waals surface area contributed by atoms with Gasteiger partial charge in [-0.2, -0.15) is 4.31 Å². The van der Waals surface area contributed by atoms with Crippen molar-refractivity contribution in [3.05, 3.63) is 30.3 Å². The van der Waals surface area contributed by atoms with Crippen LogP contribution in [-0.4, -0.2) is 51.5 Å². The number of amides is 1. The van der Waals surface area contributed by atoms with E-state index in [9.17, 15) is 13.2 Å². The summed E-state index contributed by atoms with van der Waals surface area (Å²) >= 11 is 0. The molecule has 7 heteroatoms. The second kappa shape index (κ2) is 7.90. The Morgan fingerprint density at radius 1 is 1.39 bits per heavy atom. The Hall–Kier alpha value is -1.44. The molecule has 1 saturated heterocycles. The van der Waals surface area contributed by atoms with Crippen molar-refractivity contribution in [1.82, 2.24) is 9.62 Å². The van der Waals surface area contributed by atoms with Crippen LogP contribution in [0.4, 0.5) is 0 Å². The summed E-state index contributed by atoms with van der Waals surface area (Å²) in [4.78, 5) is 12.6. The fourth-order valence-electron chi connectivity index (χ4n) is 2.77. The fraction of sp³-hybridized carbons (Fsp3) is 0.562. The minimum atomic E-state index is -3.54. The van der Waals surface area contributed by atoms with Gasteiger partial charge in [0.25, 0.3) is 0 Å². The maximum Gasteiger partial charge on any atom is 0.243 e. The quantitative estimate of drug-likeness (QED) is 0.845. The van der Waals surface area contributed by atoms with E-state index in [-0.39, 0.29) is 29.3 Å². The van der Waals surface area contributed by atoms with Gasteiger partial charge in [-0.15, -0.1) is 0 Å². The zero-order chi connectivity index (χ0) is 16.9. The summed E-state index contributed by atoms with van der Waals surface area (Å²) in [5.41, 5.74) is 0. The highest BCUT2D eigenvalue weighted by molar-refractivity contribution is 7.89. The van der Waals surface area contributed by atoms with Crippen LogP contribution < -0.4 is 5.32 Å². The lowest BCUT2D eigenvalue weighted by Gasteiger charge is -2.31. The molecule has 1 heterocycles. The summed E-state index contributed by atoms with van der Waals surface area (Å²) in [7, 11) is -1.96. The van der Waals surface area contributed by atoms with Crippen LogP contribution in [0.3, 0.4) is 0 Å². The molecule has 0 aromatic heterocycles. The highest BCUT2D eigenvalue weighted by Gasteiger charge is 2.33. The number of nitrogens with zero attached hydrogens (tertiary/aromatic N) is 1. The van der Waals surface area contributed by atoms with Crippen LogP contribution in [0.2, 0.25) is 0 Å². The minimum absolute atomic E-state index is 0.0893. The third-order valence-corrected chi connectivity index (χ3v) is 5.82. The van der Waals surface area contributed by atoms with Crippen LogP contribution in [0.5, 0.6) is 0 Å². The molecule has 2 atom stereocenters. The van der Waals surface area contributed by atoms with E-state index < -0.39 is 10.0 Å². The van der Waals surface area contributed by atoms with Crippen molar-refractivity contribution in [3.8, 4) is 0 Å². The van der Waals surface area contributed by atoms with Crippen LogP contribution in [0.25, 0.3) is 0 Å². The van der Waals surface area contributed by atoms with E-state index in [1.807, 2.05) is 6.92 Å². The fourth-order valence-corrected chi connectivity index (χ4v) is 4.31. The van der Waals surface area contributed by atoms with Gasteiger partial charge in [0.2, 0.25) is 15.9 Å². The zero-order valence-corrected chi connectivity index (χ0v) is 14.4. The summed E-state index contributed by atoms with van der Waals surface area (Å²) in [6, 6.07) is 8.26. The lowest BCUT2D eigenvalue weighted by atomic mass is 9.98. The van der Waals surface area contributed by atoms with Crippen molar-refractivity contribution < 1.29 is 17.9 Å². The van der Waals surface area contributed by atoms with Crippen molar-refractivity contribution in [1.29, 1.82) is 0 Å². The normalized spacial score (nSPS) is 20.9. The highest BCUT2D eigenvalue weighted by atomic mass is 32.2. The third kappa shape index (κ3) is 4.53. The van der Waals surface area contributed by atoms with Crippen LogP contribution in [0.15, 0.2) is 35.2 Å². The maximum atomic E-state index is 12.7. The first-order valence-corrected chi connectivity index (χ1v) is 9.23. The second-order valence-corrected chi connectivity index (χ2v) is 7.82. The molecule has 0 bridgehead atoms. The average molecular weight is 340 g/mol. The van der Waals surface area contributed by atoms with Crippen LogP contribution in [0.1, 0.15) is 19.8 Å². The number of hydrogen-bond donors (Lipinski definition) is 1. The van der Waals surface area contributed by atoms with E-state index in [4.69, 9.17) is 4.74 Å². The SMILES string of the molecule is COC[C@@H](C)NC(=O)[C@@H]1CCCN(S(=O)(=O)c2ccccc2)C1. The average Bonchev–Trinajstić information content (AvgIpc) is 2.56. The summed E-state index contributed by atoms with van der Waals surface area (Å²) < 4.78 is 31.7. The van der Waals surface area contributed by atoms with Gasteiger partial charge in [-0.1, -0.05) is 18.2 Å². The molecule has 0 radical (unpaired) electrons. The molecule has 1 fully saturated rings. The van der Waals surface area contributed by atoms with Crippen LogP contribution in [-0.2, 0) is 19.6 Å². The first kappa shape index (κ1) is 17.9. The molecule has 6 nitrogen and oxygen atoms in total. The van der Waals surface area contributed by atoms with Gasteiger partial charge in [-0.25, -0.2) is 8.42 Å². The lowest BCUT2D eigenvalue weighted by Crippen LogP contribution is -2.47. The Morgan fingerprint density at radius 2 is 2.09 bits per heavy atom. The topological polar surface area (TPSA) is 75.7 Å². The van der Waals surface area contributed by atoms with E-state index >= 15 is 0 Å². The van der Waals surface area contributed by atoms with Gasteiger partial charge < -0.3 is 10.1 Å². The molecule has 128 valence electrons. The molecule has 1 aromatic rings. The molecular weight excluding hydrogens is 316 g/mol. The standard InChI is InChI=1S/C16H24N2O4S/c1-13(12-22-2)17-16(19)14-7-6-10-18(11-14)23(20,21)15-8-4-3-5-9-15/h3-5,8-9,13-14H,6-7,10-12H2,1-2H3,(H,17,19)/t13-,14-/m1/s1. The minimum Gasteiger partial charge on any atom is -0.383 e. The van der Waals surface area contributed by atoms with Crippen molar-refractivity contribution in [3.63, 3.8) is 0 Å². The molecule has 1 aliphatic rings. The van der Waals surface area contributed by atoms with E-state index in [0.717, 1.165) is 0 Å².